The van der Waals surface area contributed by atoms with Crippen LogP contribution in [0, 0.1) is 0 Å². The van der Waals surface area contributed by atoms with Gasteiger partial charge in [0, 0.05) is 37.0 Å². The van der Waals surface area contributed by atoms with Crippen molar-refractivity contribution in [3.05, 3.63) is 48.2 Å². The Balaban J connectivity index is 2.12. The molecule has 23 heavy (non-hydrogen) atoms. The fourth-order valence-electron chi connectivity index (χ4n) is 1.90. The molecule has 0 spiro atoms. The van der Waals surface area contributed by atoms with E-state index in [0.717, 1.165) is 0 Å². The van der Waals surface area contributed by atoms with Crippen LogP contribution in [0.5, 0.6) is 0 Å². The van der Waals surface area contributed by atoms with E-state index in [2.05, 4.69) is 20.9 Å². The lowest BCUT2D eigenvalue weighted by Gasteiger charge is -2.08. The quantitative estimate of drug-likeness (QED) is 0.806. The van der Waals surface area contributed by atoms with E-state index in [4.69, 9.17) is 0 Å². The predicted octanol–water partition coefficient (Wildman–Crippen LogP) is 2.25. The lowest BCUT2D eigenvalue weighted by atomic mass is 10.2. The highest BCUT2D eigenvalue weighted by Crippen LogP contribution is 2.16. The van der Waals surface area contributed by atoms with Gasteiger partial charge in [0.15, 0.2) is 0 Å². The van der Waals surface area contributed by atoms with Crippen molar-refractivity contribution in [3.63, 3.8) is 0 Å². The van der Waals surface area contributed by atoms with Crippen LogP contribution in [0.3, 0.4) is 0 Å². The zero-order chi connectivity index (χ0) is 16.8. The number of hydrogen-bond donors (Lipinski definition) is 3. The van der Waals surface area contributed by atoms with Crippen LogP contribution in [0.25, 0.3) is 0 Å². The third-order valence-corrected chi connectivity index (χ3v) is 2.77. The molecular weight excluding hydrogens is 296 g/mol. The molecule has 118 valence electrons. The van der Waals surface area contributed by atoms with Gasteiger partial charge >= 0.3 is 0 Å². The monoisotopic (exact) mass is 312 g/mol. The number of hydrogen-bond acceptors (Lipinski definition) is 4. The van der Waals surface area contributed by atoms with Crippen LogP contribution < -0.4 is 16.0 Å². The first kappa shape index (κ1) is 16.2. The van der Waals surface area contributed by atoms with Gasteiger partial charge in [-0.3, -0.25) is 14.4 Å². The third-order valence-electron chi connectivity index (χ3n) is 2.77. The average molecular weight is 312 g/mol. The van der Waals surface area contributed by atoms with Crippen molar-refractivity contribution in [1.82, 2.24) is 4.98 Å². The minimum Gasteiger partial charge on any atom is -0.326 e. The van der Waals surface area contributed by atoms with Crippen LogP contribution in [0.2, 0.25) is 0 Å². The van der Waals surface area contributed by atoms with E-state index in [9.17, 15) is 14.4 Å². The van der Waals surface area contributed by atoms with Gasteiger partial charge in [0.05, 0.1) is 0 Å². The molecule has 1 aromatic carbocycles. The van der Waals surface area contributed by atoms with E-state index in [0.29, 0.717) is 22.8 Å². The van der Waals surface area contributed by atoms with E-state index >= 15 is 0 Å². The third kappa shape index (κ3) is 4.92. The Kier molecular flexibility index (Phi) is 5.03. The summed E-state index contributed by atoms with van der Waals surface area (Å²) in [5, 5.41) is 7.88. The maximum absolute atomic E-state index is 12.2. The minimum atomic E-state index is -0.348. The summed E-state index contributed by atoms with van der Waals surface area (Å²) in [5.74, 6) is -0.503. The van der Waals surface area contributed by atoms with Gasteiger partial charge in [-0.15, -0.1) is 0 Å². The molecule has 0 aliphatic rings. The second-order valence-corrected chi connectivity index (χ2v) is 4.83. The molecule has 0 bridgehead atoms. The average Bonchev–Trinajstić information content (AvgIpc) is 2.46. The summed E-state index contributed by atoms with van der Waals surface area (Å²) in [5.41, 5.74) is 1.48. The molecule has 0 saturated heterocycles. The molecule has 7 heteroatoms. The molecule has 2 aromatic rings. The molecule has 3 N–H and O–H groups in total. The van der Waals surface area contributed by atoms with Gasteiger partial charge in [-0.25, -0.2) is 4.98 Å². The highest BCUT2D eigenvalue weighted by atomic mass is 16.2. The van der Waals surface area contributed by atoms with Crippen molar-refractivity contribution in [2.24, 2.45) is 0 Å². The molecule has 1 aromatic heterocycles. The molecule has 0 atom stereocenters. The van der Waals surface area contributed by atoms with Gasteiger partial charge in [-0.1, -0.05) is 6.07 Å². The number of nitrogens with one attached hydrogen (secondary N) is 3. The van der Waals surface area contributed by atoms with Gasteiger partial charge in [0.2, 0.25) is 11.8 Å². The van der Waals surface area contributed by atoms with E-state index in [1.165, 1.54) is 32.2 Å². The SMILES string of the molecule is CC(=O)Nc1cccc(NC(=O)c2ccnc(NC(C)=O)c2)c1. The standard InChI is InChI=1S/C16H16N4O3/c1-10(21)18-13-4-3-5-14(9-13)20-16(23)12-6-7-17-15(8-12)19-11(2)22/h3-9H,1-2H3,(H,18,21)(H,20,23)(H,17,19,22). The van der Waals surface area contributed by atoms with E-state index < -0.39 is 0 Å². The molecule has 3 amide bonds. The van der Waals surface area contributed by atoms with Gasteiger partial charge in [-0.05, 0) is 30.3 Å². The van der Waals surface area contributed by atoms with Gasteiger partial charge in [-0.2, -0.15) is 0 Å². The molecule has 1 heterocycles. The maximum Gasteiger partial charge on any atom is 0.255 e. The molecule has 7 nitrogen and oxygen atoms in total. The Bertz CT molecular complexity index is 758. The van der Waals surface area contributed by atoms with Crippen LogP contribution in [0.1, 0.15) is 24.2 Å². The summed E-state index contributed by atoms with van der Waals surface area (Å²) in [6, 6.07) is 9.82. The number of nitrogens with zero attached hydrogens (tertiary/aromatic N) is 1. The van der Waals surface area contributed by atoms with Crippen molar-refractivity contribution in [3.8, 4) is 0 Å². The van der Waals surface area contributed by atoms with E-state index in [1.54, 1.807) is 24.3 Å². The molecule has 2 rings (SSSR count). The van der Waals surface area contributed by atoms with Crippen LogP contribution in [0.4, 0.5) is 17.2 Å². The Hall–Kier alpha value is -3.22. The van der Waals surface area contributed by atoms with Crippen molar-refractivity contribution in [1.29, 1.82) is 0 Å². The van der Waals surface area contributed by atoms with Crippen LogP contribution in [-0.4, -0.2) is 22.7 Å². The predicted molar refractivity (Wildman–Crippen MR) is 87.2 cm³/mol. The first-order valence-corrected chi connectivity index (χ1v) is 6.86. The fraction of sp³-hybridized carbons (Fsp3) is 0.125. The number of carbonyl (C=O) groups excluding carboxylic acids is 3. The highest BCUT2D eigenvalue weighted by Gasteiger charge is 2.08. The number of aromatic nitrogens is 1. The normalized spacial score (nSPS) is 9.83. The topological polar surface area (TPSA) is 100 Å². The smallest absolute Gasteiger partial charge is 0.255 e. The number of benzene rings is 1. The summed E-state index contributed by atoms with van der Waals surface area (Å²) in [6.45, 7) is 2.77. The molecule has 0 fully saturated rings. The van der Waals surface area contributed by atoms with Crippen molar-refractivity contribution in [2.45, 2.75) is 13.8 Å². The number of anilines is 3. The summed E-state index contributed by atoms with van der Waals surface area (Å²) in [6.07, 6.45) is 1.44. The second kappa shape index (κ2) is 7.17. The molecule has 0 unspecified atom stereocenters. The van der Waals surface area contributed by atoms with Crippen molar-refractivity contribution in [2.75, 3.05) is 16.0 Å². The number of rotatable bonds is 4. The second-order valence-electron chi connectivity index (χ2n) is 4.83. The molecule has 0 radical (unpaired) electrons. The molecule has 0 aliphatic carbocycles. The van der Waals surface area contributed by atoms with Gasteiger partial charge < -0.3 is 16.0 Å². The first-order valence-electron chi connectivity index (χ1n) is 6.86. The van der Waals surface area contributed by atoms with E-state index in [1.807, 2.05) is 0 Å². The van der Waals surface area contributed by atoms with Crippen LogP contribution >= 0.6 is 0 Å². The van der Waals surface area contributed by atoms with Gasteiger partial charge in [0.1, 0.15) is 5.82 Å². The zero-order valence-electron chi connectivity index (χ0n) is 12.7. The Morgan fingerprint density at radius 3 is 2.17 bits per heavy atom. The summed E-state index contributed by atoms with van der Waals surface area (Å²) >= 11 is 0. The Morgan fingerprint density at radius 1 is 0.870 bits per heavy atom. The first-order chi connectivity index (χ1) is 10.9. The summed E-state index contributed by atoms with van der Waals surface area (Å²) in [7, 11) is 0. The van der Waals surface area contributed by atoms with Gasteiger partial charge in [0.25, 0.3) is 5.91 Å². The Labute approximate surface area is 133 Å². The highest BCUT2D eigenvalue weighted by molar-refractivity contribution is 6.05. The van der Waals surface area contributed by atoms with Crippen LogP contribution in [-0.2, 0) is 9.59 Å². The maximum atomic E-state index is 12.2. The largest absolute Gasteiger partial charge is 0.326 e. The number of carbonyl (C=O) groups is 3. The number of pyridine rings is 1. The molecule has 0 saturated carbocycles. The Morgan fingerprint density at radius 2 is 1.52 bits per heavy atom. The summed E-state index contributed by atoms with van der Waals surface area (Å²) < 4.78 is 0. The van der Waals surface area contributed by atoms with E-state index in [-0.39, 0.29) is 17.7 Å². The summed E-state index contributed by atoms with van der Waals surface area (Å²) in [4.78, 5) is 38.3. The van der Waals surface area contributed by atoms with Crippen LogP contribution in [0.15, 0.2) is 42.6 Å². The van der Waals surface area contributed by atoms with Crippen molar-refractivity contribution >= 4 is 34.9 Å². The van der Waals surface area contributed by atoms with Crippen molar-refractivity contribution < 1.29 is 14.4 Å². The fourth-order valence-corrected chi connectivity index (χ4v) is 1.90. The minimum absolute atomic E-state index is 0.192. The molecule has 0 aliphatic heterocycles. The zero-order valence-corrected chi connectivity index (χ0v) is 12.7. The molecular formula is C16H16N4O3. The number of amides is 3. The lowest BCUT2D eigenvalue weighted by molar-refractivity contribution is -0.115. The lowest BCUT2D eigenvalue weighted by Crippen LogP contribution is -2.14.